The summed E-state index contributed by atoms with van der Waals surface area (Å²) in [6.07, 6.45) is 5.50. The predicted octanol–water partition coefficient (Wildman–Crippen LogP) is 5.78. The Bertz CT molecular complexity index is 922. The molecule has 2 saturated heterocycles. The molecule has 27 heavy (non-hydrogen) atoms. The van der Waals surface area contributed by atoms with Gasteiger partial charge in [-0.25, -0.2) is 0 Å². The fourth-order valence-corrected chi connectivity index (χ4v) is 5.16. The second kappa shape index (κ2) is 5.56. The lowest BCUT2D eigenvalue weighted by atomic mass is 9.66. The highest BCUT2D eigenvalue weighted by molar-refractivity contribution is 5.60. The van der Waals surface area contributed by atoms with Crippen molar-refractivity contribution in [3.63, 3.8) is 0 Å². The lowest BCUT2D eigenvalue weighted by molar-refractivity contribution is -0.221. The van der Waals surface area contributed by atoms with Gasteiger partial charge >= 0.3 is 0 Å². The molecule has 0 amide bonds. The average molecular weight is 360 g/mol. The van der Waals surface area contributed by atoms with Crippen LogP contribution in [0.5, 0.6) is 0 Å². The minimum Gasteiger partial charge on any atom is -0.343 e. The molecule has 0 aromatic heterocycles. The highest BCUT2D eigenvalue weighted by Gasteiger charge is 2.69. The topological polar surface area (TPSA) is 18.5 Å². The van der Waals surface area contributed by atoms with Crippen LogP contribution in [0.2, 0.25) is 0 Å². The molecule has 3 atom stereocenters. The van der Waals surface area contributed by atoms with Crippen molar-refractivity contribution in [1.29, 1.82) is 0 Å². The third-order valence-electron chi connectivity index (χ3n) is 7.08. The van der Waals surface area contributed by atoms with Crippen molar-refractivity contribution in [1.82, 2.24) is 0 Å². The number of hydrogen-bond acceptors (Lipinski definition) is 2. The van der Waals surface area contributed by atoms with Gasteiger partial charge in [0, 0.05) is 5.41 Å². The quantitative estimate of drug-likeness (QED) is 0.641. The first-order valence-corrected chi connectivity index (χ1v) is 10.1. The predicted molar refractivity (Wildman–Crippen MR) is 108 cm³/mol. The van der Waals surface area contributed by atoms with Gasteiger partial charge in [0.05, 0.1) is 6.10 Å². The molecule has 2 nitrogen and oxygen atoms in total. The fourth-order valence-electron chi connectivity index (χ4n) is 5.16. The Morgan fingerprint density at radius 3 is 2.37 bits per heavy atom. The van der Waals surface area contributed by atoms with Gasteiger partial charge in [-0.15, -0.1) is 0 Å². The Morgan fingerprint density at radius 1 is 0.963 bits per heavy atom. The van der Waals surface area contributed by atoms with Gasteiger partial charge in [0.25, 0.3) is 0 Å². The molecule has 2 bridgehead atoms. The van der Waals surface area contributed by atoms with Crippen LogP contribution in [0.4, 0.5) is 0 Å². The minimum absolute atomic E-state index is 0.0181. The number of benzene rings is 2. The first-order chi connectivity index (χ1) is 12.8. The van der Waals surface area contributed by atoms with Crippen molar-refractivity contribution in [2.24, 2.45) is 5.41 Å². The van der Waals surface area contributed by atoms with Gasteiger partial charge in [-0.05, 0) is 55.4 Å². The largest absolute Gasteiger partial charge is 0.343 e. The van der Waals surface area contributed by atoms with E-state index in [1.165, 1.54) is 27.8 Å². The van der Waals surface area contributed by atoms with E-state index in [9.17, 15) is 0 Å². The van der Waals surface area contributed by atoms with Crippen molar-refractivity contribution < 1.29 is 9.47 Å². The molecule has 2 aromatic carbocycles. The van der Waals surface area contributed by atoms with Gasteiger partial charge in [-0.1, -0.05) is 74.0 Å². The van der Waals surface area contributed by atoms with Crippen LogP contribution in [0.3, 0.4) is 0 Å². The summed E-state index contributed by atoms with van der Waals surface area (Å²) in [5.74, 6) is -0.547. The van der Waals surface area contributed by atoms with Crippen LogP contribution in [0.1, 0.15) is 55.9 Å². The molecule has 2 heterocycles. The van der Waals surface area contributed by atoms with Crippen LogP contribution in [0.25, 0.3) is 6.08 Å². The average Bonchev–Trinajstić information content (AvgIpc) is 3.06. The molecule has 1 aliphatic carbocycles. The van der Waals surface area contributed by atoms with E-state index in [1.807, 2.05) is 0 Å². The van der Waals surface area contributed by atoms with Crippen LogP contribution in [-0.4, -0.2) is 11.9 Å². The summed E-state index contributed by atoms with van der Waals surface area (Å²) >= 11 is 0. The van der Waals surface area contributed by atoms with Crippen LogP contribution in [-0.2, 0) is 21.5 Å². The Labute approximate surface area is 162 Å². The van der Waals surface area contributed by atoms with Crippen molar-refractivity contribution in [2.75, 3.05) is 0 Å². The number of hydrogen-bond donors (Lipinski definition) is 0. The molecule has 140 valence electrons. The van der Waals surface area contributed by atoms with Crippen molar-refractivity contribution in [3.05, 3.63) is 76.4 Å². The van der Waals surface area contributed by atoms with Crippen molar-refractivity contribution in [3.8, 4) is 0 Å². The molecule has 0 unspecified atom stereocenters. The molecule has 3 aliphatic rings. The second-order valence-corrected chi connectivity index (χ2v) is 9.22. The number of aryl methyl sites for hydroxylation is 2. The van der Waals surface area contributed by atoms with Gasteiger partial charge in [0.1, 0.15) is 5.60 Å². The van der Waals surface area contributed by atoms with Gasteiger partial charge in [0.2, 0.25) is 0 Å². The summed E-state index contributed by atoms with van der Waals surface area (Å²) in [7, 11) is 0. The summed E-state index contributed by atoms with van der Waals surface area (Å²) in [6, 6.07) is 17.5. The zero-order chi connectivity index (χ0) is 18.9. The fraction of sp³-hybridized carbons (Fsp3) is 0.440. The van der Waals surface area contributed by atoms with Crippen LogP contribution < -0.4 is 0 Å². The van der Waals surface area contributed by atoms with Crippen LogP contribution >= 0.6 is 0 Å². The summed E-state index contributed by atoms with van der Waals surface area (Å²) in [5, 5.41) is 0. The van der Waals surface area contributed by atoms with E-state index in [-0.39, 0.29) is 11.5 Å². The summed E-state index contributed by atoms with van der Waals surface area (Å²) in [4.78, 5) is 0. The monoisotopic (exact) mass is 360 g/mol. The lowest BCUT2D eigenvalue weighted by Gasteiger charge is -2.48. The lowest BCUT2D eigenvalue weighted by Crippen LogP contribution is -2.51. The van der Waals surface area contributed by atoms with E-state index in [1.54, 1.807) is 0 Å². The van der Waals surface area contributed by atoms with Crippen molar-refractivity contribution in [2.45, 2.75) is 64.4 Å². The van der Waals surface area contributed by atoms with E-state index < -0.39 is 11.4 Å². The SMILES string of the molecule is Cc1ccc(/C=C2\CCc3ccccc3[C@@]23O[C@]2(C)O[C@H]3CC2(C)C)cc1. The van der Waals surface area contributed by atoms with Gasteiger partial charge in [-0.3, -0.25) is 0 Å². The number of ether oxygens (including phenoxy) is 2. The minimum atomic E-state index is -0.547. The molecule has 2 aliphatic heterocycles. The molecule has 0 saturated carbocycles. The molecule has 2 heteroatoms. The maximum Gasteiger partial charge on any atom is 0.172 e. The second-order valence-electron chi connectivity index (χ2n) is 9.22. The first kappa shape index (κ1) is 17.2. The maximum absolute atomic E-state index is 6.94. The normalized spacial score (nSPS) is 35.0. The summed E-state index contributed by atoms with van der Waals surface area (Å²) < 4.78 is 13.5. The molecule has 2 fully saturated rings. The van der Waals surface area contributed by atoms with E-state index in [0.29, 0.717) is 0 Å². The Hall–Kier alpha value is -1.90. The van der Waals surface area contributed by atoms with E-state index in [2.05, 4.69) is 82.3 Å². The van der Waals surface area contributed by atoms with E-state index in [4.69, 9.17) is 9.47 Å². The molecular weight excluding hydrogens is 332 g/mol. The summed E-state index contributed by atoms with van der Waals surface area (Å²) in [5.41, 5.74) is 6.15. The third-order valence-corrected chi connectivity index (χ3v) is 7.08. The maximum atomic E-state index is 6.94. The molecule has 5 rings (SSSR count). The first-order valence-electron chi connectivity index (χ1n) is 10.1. The highest BCUT2D eigenvalue weighted by atomic mass is 16.8. The molecule has 2 aromatic rings. The Balaban J connectivity index is 1.68. The van der Waals surface area contributed by atoms with Crippen LogP contribution in [0.15, 0.2) is 54.1 Å². The van der Waals surface area contributed by atoms with Crippen molar-refractivity contribution >= 4 is 6.08 Å². The zero-order valence-electron chi connectivity index (χ0n) is 16.7. The highest BCUT2D eigenvalue weighted by Crippen LogP contribution is 2.64. The molecule has 0 N–H and O–H groups in total. The summed E-state index contributed by atoms with van der Waals surface area (Å²) in [6.45, 7) is 8.78. The Kier molecular flexibility index (Phi) is 3.54. The van der Waals surface area contributed by atoms with Crippen LogP contribution in [0, 0.1) is 12.3 Å². The van der Waals surface area contributed by atoms with E-state index >= 15 is 0 Å². The standard InChI is InChI=1S/C25H28O2/c1-17-9-11-18(12-10-17)15-20-14-13-19-7-5-6-8-21(19)25(20)22-16-23(2,3)24(4,26-22)27-25/h5-12,15,22H,13-14,16H2,1-4H3/b20-15+/t22-,24-,25-/m0/s1. The number of rotatable bonds is 1. The zero-order valence-corrected chi connectivity index (χ0v) is 16.7. The van der Waals surface area contributed by atoms with Gasteiger partial charge < -0.3 is 9.47 Å². The number of fused-ring (bicyclic) bond motifs is 5. The van der Waals surface area contributed by atoms with E-state index in [0.717, 1.165) is 19.3 Å². The Morgan fingerprint density at radius 2 is 1.70 bits per heavy atom. The molecular formula is C25H28O2. The molecule has 1 spiro atoms. The smallest absolute Gasteiger partial charge is 0.172 e. The van der Waals surface area contributed by atoms with Gasteiger partial charge in [-0.2, -0.15) is 0 Å². The third kappa shape index (κ3) is 2.33. The van der Waals surface area contributed by atoms with Gasteiger partial charge in [0.15, 0.2) is 5.79 Å². The molecule has 0 radical (unpaired) electrons.